The highest BCUT2D eigenvalue weighted by atomic mass is 19.1. The van der Waals surface area contributed by atoms with Gasteiger partial charge in [0.25, 0.3) is 5.91 Å². The van der Waals surface area contributed by atoms with E-state index < -0.39 is 5.54 Å². The summed E-state index contributed by atoms with van der Waals surface area (Å²) in [6, 6.07) is 14.0. The summed E-state index contributed by atoms with van der Waals surface area (Å²) in [5, 5.41) is 4.05. The number of aromatic nitrogens is 4. The van der Waals surface area contributed by atoms with Crippen molar-refractivity contribution >= 4 is 28.3 Å². The quantitative estimate of drug-likeness (QED) is 0.342. The molecule has 0 saturated heterocycles. The van der Waals surface area contributed by atoms with Gasteiger partial charge in [-0.1, -0.05) is 6.07 Å². The van der Waals surface area contributed by atoms with Gasteiger partial charge >= 0.3 is 0 Å². The molecule has 0 aliphatic heterocycles. The number of pyridine rings is 1. The van der Waals surface area contributed by atoms with Crippen LogP contribution >= 0.6 is 0 Å². The third-order valence-corrected chi connectivity index (χ3v) is 6.38. The molecule has 9 heteroatoms. The summed E-state index contributed by atoms with van der Waals surface area (Å²) in [6.45, 7) is 6.60. The van der Waals surface area contributed by atoms with Crippen LogP contribution in [0.25, 0.3) is 39.1 Å². The number of nitrogen functional groups attached to an aromatic ring is 1. The lowest BCUT2D eigenvalue weighted by Crippen LogP contribution is -2.50. The van der Waals surface area contributed by atoms with E-state index in [-0.39, 0.29) is 23.2 Å². The summed E-state index contributed by atoms with van der Waals surface area (Å²) < 4.78 is 15.6. The van der Waals surface area contributed by atoms with Crippen molar-refractivity contribution in [3.8, 4) is 22.5 Å². The Morgan fingerprint density at radius 2 is 1.79 bits per heavy atom. The highest BCUT2D eigenvalue weighted by molar-refractivity contribution is 5.95. The van der Waals surface area contributed by atoms with Crippen molar-refractivity contribution < 1.29 is 9.18 Å². The van der Waals surface area contributed by atoms with Gasteiger partial charge in [0.2, 0.25) is 0 Å². The molecular weight excluding hydrogens is 481 g/mol. The van der Waals surface area contributed by atoms with Crippen molar-refractivity contribution in [3.63, 3.8) is 0 Å². The summed E-state index contributed by atoms with van der Waals surface area (Å²) in [4.78, 5) is 29.0. The van der Waals surface area contributed by atoms with Gasteiger partial charge in [-0.25, -0.2) is 14.4 Å². The van der Waals surface area contributed by atoms with Gasteiger partial charge in [0.05, 0.1) is 16.9 Å². The van der Waals surface area contributed by atoms with Gasteiger partial charge in [-0.05, 0) is 82.9 Å². The predicted octanol–water partition coefficient (Wildman–Crippen LogP) is 4.71. The van der Waals surface area contributed by atoms with E-state index in [1.54, 1.807) is 28.9 Å². The predicted molar refractivity (Wildman–Crippen MR) is 148 cm³/mol. The van der Waals surface area contributed by atoms with Gasteiger partial charge in [0.1, 0.15) is 11.5 Å². The van der Waals surface area contributed by atoms with Crippen LogP contribution in [0.4, 0.5) is 10.2 Å². The Kier molecular flexibility index (Phi) is 6.32. The molecule has 2 aromatic carbocycles. The Hall–Kier alpha value is -4.37. The van der Waals surface area contributed by atoms with Crippen LogP contribution in [-0.2, 0) is 0 Å². The highest BCUT2D eigenvalue weighted by Crippen LogP contribution is 2.35. The minimum atomic E-state index is -0.481. The number of nitrogens with one attached hydrogen (secondary N) is 1. The zero-order valence-electron chi connectivity index (χ0n) is 22.1. The molecule has 0 radical (unpaired) electrons. The SMILES string of the molecule is Cc1ccnc2ccc(-c3c(-c4ccc(F)cc4)nc(N)c4nc(C(=O)NC(C)(C)CN(C)C)cn34)cc12. The number of nitrogens with two attached hydrogens (primary N) is 1. The molecule has 0 spiro atoms. The van der Waals surface area contributed by atoms with Gasteiger partial charge in [-0.3, -0.25) is 14.2 Å². The summed E-state index contributed by atoms with van der Waals surface area (Å²) in [6.07, 6.45) is 3.46. The monoisotopic (exact) mass is 511 g/mol. The number of aryl methyl sites for hydroxylation is 1. The normalized spacial score (nSPS) is 12.0. The van der Waals surface area contributed by atoms with Crippen molar-refractivity contribution in [3.05, 3.63) is 78.0 Å². The Morgan fingerprint density at radius 3 is 2.50 bits per heavy atom. The van der Waals surface area contributed by atoms with Gasteiger partial charge in [0, 0.05) is 41.0 Å². The molecule has 1 amide bonds. The molecule has 0 bridgehead atoms. The lowest BCUT2D eigenvalue weighted by atomic mass is 10.0. The number of nitrogens with zero attached hydrogens (tertiary/aromatic N) is 5. The number of carbonyl (C=O) groups excluding carboxylic acids is 1. The van der Waals surface area contributed by atoms with Crippen LogP contribution in [0.2, 0.25) is 0 Å². The number of hydrogen-bond donors (Lipinski definition) is 2. The number of imidazole rings is 1. The lowest BCUT2D eigenvalue weighted by molar-refractivity contribution is 0.0895. The molecule has 0 saturated carbocycles. The van der Waals surface area contributed by atoms with E-state index in [0.29, 0.717) is 29.1 Å². The summed E-state index contributed by atoms with van der Waals surface area (Å²) >= 11 is 0. The molecular formula is C29H30FN7O. The van der Waals surface area contributed by atoms with Crippen molar-refractivity contribution in [1.29, 1.82) is 0 Å². The number of amides is 1. The lowest BCUT2D eigenvalue weighted by Gasteiger charge is -2.29. The average molecular weight is 512 g/mol. The molecule has 0 fully saturated rings. The van der Waals surface area contributed by atoms with Crippen molar-refractivity contribution in [1.82, 2.24) is 29.6 Å². The van der Waals surface area contributed by atoms with Crippen molar-refractivity contribution in [2.45, 2.75) is 26.3 Å². The fraction of sp³-hybridized carbons (Fsp3) is 0.241. The number of rotatable bonds is 6. The maximum atomic E-state index is 13.8. The van der Waals surface area contributed by atoms with Gasteiger partial charge in [0.15, 0.2) is 11.5 Å². The molecule has 5 aromatic rings. The molecule has 38 heavy (non-hydrogen) atoms. The van der Waals surface area contributed by atoms with E-state index >= 15 is 0 Å². The highest BCUT2D eigenvalue weighted by Gasteiger charge is 2.25. The molecule has 3 N–H and O–H groups in total. The second kappa shape index (κ2) is 9.50. The zero-order chi connectivity index (χ0) is 27.2. The molecule has 0 unspecified atom stereocenters. The first kappa shape index (κ1) is 25.3. The molecule has 0 aliphatic rings. The summed E-state index contributed by atoms with van der Waals surface area (Å²) in [7, 11) is 3.91. The van der Waals surface area contributed by atoms with E-state index in [1.165, 1.54) is 12.1 Å². The molecule has 0 atom stereocenters. The molecule has 5 rings (SSSR count). The van der Waals surface area contributed by atoms with E-state index in [4.69, 9.17) is 5.73 Å². The average Bonchev–Trinajstić information content (AvgIpc) is 3.30. The summed E-state index contributed by atoms with van der Waals surface area (Å²) in [5.74, 6) is -0.496. The summed E-state index contributed by atoms with van der Waals surface area (Å²) in [5.41, 5.74) is 11.2. The van der Waals surface area contributed by atoms with Crippen LogP contribution in [0.15, 0.2) is 60.9 Å². The van der Waals surface area contributed by atoms with Crippen molar-refractivity contribution in [2.24, 2.45) is 0 Å². The number of fused-ring (bicyclic) bond motifs is 2. The molecule has 8 nitrogen and oxygen atoms in total. The van der Waals surface area contributed by atoms with Crippen LogP contribution in [0.5, 0.6) is 0 Å². The Balaban J connectivity index is 1.73. The van der Waals surface area contributed by atoms with E-state index in [2.05, 4.69) is 20.3 Å². The Morgan fingerprint density at radius 1 is 1.08 bits per heavy atom. The molecule has 194 valence electrons. The fourth-order valence-corrected chi connectivity index (χ4v) is 4.90. The smallest absolute Gasteiger partial charge is 0.271 e. The maximum absolute atomic E-state index is 13.8. The third-order valence-electron chi connectivity index (χ3n) is 6.38. The number of benzene rings is 2. The van der Waals surface area contributed by atoms with Gasteiger partial charge in [-0.15, -0.1) is 0 Å². The number of hydrogen-bond acceptors (Lipinski definition) is 6. The van der Waals surface area contributed by atoms with Crippen LogP contribution < -0.4 is 11.1 Å². The van der Waals surface area contributed by atoms with Gasteiger partial charge in [-0.2, -0.15) is 0 Å². The molecule has 3 aromatic heterocycles. The number of halogens is 1. The van der Waals surface area contributed by atoms with Gasteiger partial charge < -0.3 is 16.0 Å². The number of anilines is 1. The minimum Gasteiger partial charge on any atom is -0.381 e. The topological polar surface area (TPSA) is 101 Å². The standard InChI is InChI=1S/C29H30FN7O/c1-17-12-13-32-22-11-8-19(14-21(17)22)25-24(18-6-9-20(30)10-7-18)34-26(31)27-33-23(15-37(25)27)28(38)35-29(2,3)16-36(4)5/h6-15H,16H2,1-5H3,(H2,31,34)(H,35,38). The van der Waals surface area contributed by atoms with Crippen LogP contribution in [0.3, 0.4) is 0 Å². The third kappa shape index (κ3) is 4.80. The fourth-order valence-electron chi connectivity index (χ4n) is 4.90. The Labute approximate surface area is 220 Å². The molecule has 3 heterocycles. The second-order valence-electron chi connectivity index (χ2n) is 10.5. The van der Waals surface area contributed by atoms with Crippen LogP contribution in [0.1, 0.15) is 29.9 Å². The first-order valence-electron chi connectivity index (χ1n) is 12.3. The Bertz CT molecular complexity index is 1670. The van der Waals surface area contributed by atoms with E-state index in [0.717, 1.165) is 22.0 Å². The minimum absolute atomic E-state index is 0.165. The second-order valence-corrected chi connectivity index (χ2v) is 10.5. The zero-order valence-corrected chi connectivity index (χ0v) is 22.1. The maximum Gasteiger partial charge on any atom is 0.271 e. The number of carbonyl (C=O) groups is 1. The number of likely N-dealkylation sites (N-methyl/N-ethyl adjacent to an activating group) is 1. The van der Waals surface area contributed by atoms with E-state index in [1.807, 2.05) is 64.0 Å². The van der Waals surface area contributed by atoms with E-state index in [9.17, 15) is 9.18 Å². The molecule has 0 aliphatic carbocycles. The van der Waals surface area contributed by atoms with Crippen LogP contribution in [-0.4, -0.2) is 56.3 Å². The van der Waals surface area contributed by atoms with Crippen molar-refractivity contribution in [2.75, 3.05) is 26.4 Å². The largest absolute Gasteiger partial charge is 0.381 e. The first-order valence-corrected chi connectivity index (χ1v) is 12.3. The van der Waals surface area contributed by atoms with Crippen LogP contribution in [0, 0.1) is 12.7 Å². The first-order chi connectivity index (χ1) is 18.0.